The van der Waals surface area contributed by atoms with Crippen LogP contribution >= 0.6 is 22.9 Å². The first-order valence-corrected chi connectivity index (χ1v) is 11.0. The van der Waals surface area contributed by atoms with Crippen molar-refractivity contribution in [2.45, 2.75) is 0 Å². The summed E-state index contributed by atoms with van der Waals surface area (Å²) in [6.07, 6.45) is 0. The number of halogens is 1. The van der Waals surface area contributed by atoms with Crippen LogP contribution in [0.15, 0.2) is 97.1 Å². The molecule has 0 amide bonds. The van der Waals surface area contributed by atoms with Crippen LogP contribution in [0, 0.1) is 0 Å². The molecule has 0 atom stereocenters. The SMILES string of the molecule is Clc1ccc(-c2nc3cc(-c4ccccc4)ccc3c3sc4ccccc4c23)cc1. The smallest absolute Gasteiger partial charge is 0.0802 e. The summed E-state index contributed by atoms with van der Waals surface area (Å²) < 4.78 is 2.56. The molecule has 0 saturated carbocycles. The normalized spacial score (nSPS) is 11.5. The van der Waals surface area contributed by atoms with Gasteiger partial charge in [0.05, 0.1) is 11.2 Å². The van der Waals surface area contributed by atoms with Gasteiger partial charge in [-0.15, -0.1) is 11.3 Å². The maximum atomic E-state index is 6.16. The van der Waals surface area contributed by atoms with Gasteiger partial charge in [0, 0.05) is 36.1 Å². The number of pyridine rings is 1. The Hall–Kier alpha value is -3.20. The molecule has 2 aromatic heterocycles. The topological polar surface area (TPSA) is 12.9 Å². The van der Waals surface area contributed by atoms with E-state index in [9.17, 15) is 0 Å². The first-order chi connectivity index (χ1) is 14.8. The second kappa shape index (κ2) is 6.94. The fourth-order valence-corrected chi connectivity index (χ4v) is 5.45. The quantitative estimate of drug-likeness (QED) is 0.272. The van der Waals surface area contributed by atoms with Crippen molar-refractivity contribution in [2.75, 3.05) is 0 Å². The fourth-order valence-electron chi connectivity index (χ4n) is 4.09. The van der Waals surface area contributed by atoms with Crippen LogP contribution in [-0.4, -0.2) is 4.98 Å². The van der Waals surface area contributed by atoms with Crippen LogP contribution < -0.4 is 0 Å². The van der Waals surface area contributed by atoms with Crippen molar-refractivity contribution in [3.8, 4) is 22.4 Å². The molecular weight excluding hydrogens is 406 g/mol. The number of benzene rings is 4. The second-order valence-corrected chi connectivity index (χ2v) is 8.86. The van der Waals surface area contributed by atoms with Crippen molar-refractivity contribution in [1.29, 1.82) is 0 Å². The molecule has 0 bridgehead atoms. The molecule has 0 aliphatic carbocycles. The van der Waals surface area contributed by atoms with Gasteiger partial charge in [-0.1, -0.05) is 84.4 Å². The van der Waals surface area contributed by atoms with Crippen molar-refractivity contribution < 1.29 is 0 Å². The van der Waals surface area contributed by atoms with Crippen LogP contribution in [0.25, 0.3) is 53.5 Å². The Morgan fingerprint density at radius 2 is 1.37 bits per heavy atom. The zero-order valence-corrected chi connectivity index (χ0v) is 17.5. The standard InChI is InChI=1S/C27H16ClNS/c28-20-13-10-18(11-14-20)26-25-22-8-4-5-9-24(22)30-27(25)21-15-12-19(16-23(21)29-26)17-6-2-1-3-7-17/h1-16H. The molecule has 1 nitrogen and oxygen atoms in total. The molecule has 4 aromatic carbocycles. The van der Waals surface area contributed by atoms with E-state index in [2.05, 4.69) is 78.9 Å². The summed E-state index contributed by atoms with van der Waals surface area (Å²) in [5.74, 6) is 0. The molecule has 0 N–H and O–H groups in total. The van der Waals surface area contributed by atoms with Crippen LogP contribution in [-0.2, 0) is 0 Å². The summed E-state index contributed by atoms with van der Waals surface area (Å²) in [5, 5.41) is 4.41. The minimum atomic E-state index is 0.734. The third kappa shape index (κ3) is 2.80. The van der Waals surface area contributed by atoms with E-state index in [0.717, 1.165) is 21.8 Å². The zero-order chi connectivity index (χ0) is 20.1. The third-order valence-corrected chi connectivity index (χ3v) is 6.99. The van der Waals surface area contributed by atoms with Gasteiger partial charge in [0.25, 0.3) is 0 Å². The lowest BCUT2D eigenvalue weighted by Gasteiger charge is -2.09. The molecule has 0 radical (unpaired) electrons. The predicted octanol–water partition coefficient (Wildman–Crippen LogP) is 8.59. The lowest BCUT2D eigenvalue weighted by Crippen LogP contribution is -1.89. The number of nitrogens with zero attached hydrogens (tertiary/aromatic N) is 1. The maximum Gasteiger partial charge on any atom is 0.0802 e. The Balaban J connectivity index is 1.73. The molecule has 3 heteroatoms. The number of thiophene rings is 1. The third-order valence-electron chi connectivity index (χ3n) is 5.53. The van der Waals surface area contributed by atoms with Gasteiger partial charge in [0.15, 0.2) is 0 Å². The van der Waals surface area contributed by atoms with Crippen LogP contribution in [0.4, 0.5) is 0 Å². The van der Waals surface area contributed by atoms with E-state index >= 15 is 0 Å². The van der Waals surface area contributed by atoms with E-state index in [4.69, 9.17) is 16.6 Å². The first kappa shape index (κ1) is 17.6. The van der Waals surface area contributed by atoms with Gasteiger partial charge >= 0.3 is 0 Å². The molecule has 6 rings (SSSR count). The van der Waals surface area contributed by atoms with Gasteiger partial charge in [-0.3, -0.25) is 0 Å². The van der Waals surface area contributed by atoms with E-state index in [0.29, 0.717) is 0 Å². The van der Waals surface area contributed by atoms with E-state index in [1.54, 1.807) is 0 Å². The Kier molecular flexibility index (Phi) is 4.08. The molecule has 0 spiro atoms. The minimum absolute atomic E-state index is 0.734. The maximum absolute atomic E-state index is 6.16. The largest absolute Gasteiger partial charge is 0.247 e. The van der Waals surface area contributed by atoms with E-state index in [1.807, 2.05) is 29.5 Å². The molecule has 2 heterocycles. The van der Waals surface area contributed by atoms with Gasteiger partial charge in [-0.25, -0.2) is 4.98 Å². The van der Waals surface area contributed by atoms with Crippen LogP contribution in [0.2, 0.25) is 5.02 Å². The van der Waals surface area contributed by atoms with Crippen molar-refractivity contribution >= 4 is 54.0 Å². The summed E-state index contributed by atoms with van der Waals surface area (Å²) in [7, 11) is 0. The molecule has 0 aliphatic heterocycles. The average Bonchev–Trinajstić information content (AvgIpc) is 3.19. The lowest BCUT2D eigenvalue weighted by atomic mass is 10.00. The van der Waals surface area contributed by atoms with Crippen LogP contribution in [0.5, 0.6) is 0 Å². The highest BCUT2D eigenvalue weighted by Crippen LogP contribution is 2.43. The van der Waals surface area contributed by atoms with Gasteiger partial charge in [-0.2, -0.15) is 0 Å². The monoisotopic (exact) mass is 421 g/mol. The first-order valence-electron chi connectivity index (χ1n) is 9.84. The van der Waals surface area contributed by atoms with Crippen molar-refractivity contribution in [3.63, 3.8) is 0 Å². The summed E-state index contributed by atoms with van der Waals surface area (Å²) in [6, 6.07) is 33.6. The number of hydrogen-bond donors (Lipinski definition) is 0. The van der Waals surface area contributed by atoms with E-state index in [1.165, 1.54) is 36.7 Å². The van der Waals surface area contributed by atoms with Crippen molar-refractivity contribution in [2.24, 2.45) is 0 Å². The Morgan fingerprint density at radius 3 is 2.20 bits per heavy atom. The summed E-state index contributed by atoms with van der Waals surface area (Å²) in [6.45, 7) is 0. The summed E-state index contributed by atoms with van der Waals surface area (Å²) >= 11 is 8.00. The molecule has 6 aromatic rings. The van der Waals surface area contributed by atoms with E-state index < -0.39 is 0 Å². The molecule has 0 saturated heterocycles. The van der Waals surface area contributed by atoms with Crippen LogP contribution in [0.1, 0.15) is 0 Å². The molecular formula is C27H16ClNS. The molecule has 0 fully saturated rings. The van der Waals surface area contributed by atoms with Gasteiger partial charge in [-0.05, 0) is 35.4 Å². The van der Waals surface area contributed by atoms with Crippen molar-refractivity contribution in [1.82, 2.24) is 4.98 Å². The van der Waals surface area contributed by atoms with Crippen molar-refractivity contribution in [3.05, 3.63) is 102 Å². The van der Waals surface area contributed by atoms with Crippen LogP contribution in [0.3, 0.4) is 0 Å². The minimum Gasteiger partial charge on any atom is -0.247 e. The number of fused-ring (bicyclic) bond motifs is 5. The Bertz CT molecular complexity index is 1530. The fraction of sp³-hybridized carbons (Fsp3) is 0. The molecule has 0 unspecified atom stereocenters. The highest BCUT2D eigenvalue weighted by atomic mass is 35.5. The Labute approximate surface area is 183 Å². The average molecular weight is 422 g/mol. The Morgan fingerprint density at radius 1 is 0.633 bits per heavy atom. The molecule has 142 valence electrons. The lowest BCUT2D eigenvalue weighted by molar-refractivity contribution is 1.43. The highest BCUT2D eigenvalue weighted by Gasteiger charge is 2.16. The summed E-state index contributed by atoms with van der Waals surface area (Å²) in [4.78, 5) is 5.18. The number of hydrogen-bond acceptors (Lipinski definition) is 2. The molecule has 0 aliphatic rings. The van der Waals surface area contributed by atoms with Gasteiger partial charge in [0.2, 0.25) is 0 Å². The predicted molar refractivity (Wildman–Crippen MR) is 131 cm³/mol. The summed E-state index contributed by atoms with van der Waals surface area (Å²) in [5.41, 5.74) is 5.49. The molecule has 30 heavy (non-hydrogen) atoms. The zero-order valence-electron chi connectivity index (χ0n) is 16.0. The highest BCUT2D eigenvalue weighted by molar-refractivity contribution is 7.26. The second-order valence-electron chi connectivity index (χ2n) is 7.37. The number of aromatic nitrogens is 1. The van der Waals surface area contributed by atoms with Gasteiger partial charge < -0.3 is 0 Å². The van der Waals surface area contributed by atoms with E-state index in [-0.39, 0.29) is 0 Å². The van der Waals surface area contributed by atoms with Gasteiger partial charge in [0.1, 0.15) is 0 Å². The number of rotatable bonds is 2.